The Morgan fingerprint density at radius 2 is 1.94 bits per heavy atom. The molecule has 0 saturated heterocycles. The first kappa shape index (κ1) is 13.9. The van der Waals surface area contributed by atoms with Gasteiger partial charge in [0.25, 0.3) is 0 Å². The molecule has 2 unspecified atom stereocenters. The highest BCUT2D eigenvalue weighted by atomic mass is 32.2. The zero-order chi connectivity index (χ0) is 12.0. The molecule has 4 nitrogen and oxygen atoms in total. The van der Waals surface area contributed by atoms with E-state index >= 15 is 0 Å². The molecule has 0 heterocycles. The Morgan fingerprint density at radius 3 is 2.62 bits per heavy atom. The summed E-state index contributed by atoms with van der Waals surface area (Å²) < 4.78 is 27.5. The summed E-state index contributed by atoms with van der Waals surface area (Å²) in [6.07, 6.45) is 7.58. The van der Waals surface area contributed by atoms with E-state index in [0.717, 1.165) is 12.8 Å². The van der Waals surface area contributed by atoms with E-state index < -0.39 is 9.84 Å². The number of rotatable bonds is 5. The van der Waals surface area contributed by atoms with Crippen LogP contribution in [0.15, 0.2) is 0 Å². The van der Waals surface area contributed by atoms with Crippen molar-refractivity contribution in [2.24, 2.45) is 5.73 Å². The molecule has 0 bridgehead atoms. The highest BCUT2D eigenvalue weighted by Gasteiger charge is 2.20. The predicted molar refractivity (Wildman–Crippen MR) is 65.1 cm³/mol. The van der Waals surface area contributed by atoms with Crippen LogP contribution < -0.4 is 5.73 Å². The summed E-state index contributed by atoms with van der Waals surface area (Å²) in [6.45, 7) is 0.505. The average molecular weight is 249 g/mol. The van der Waals surface area contributed by atoms with E-state index in [0.29, 0.717) is 13.0 Å². The molecule has 16 heavy (non-hydrogen) atoms. The van der Waals surface area contributed by atoms with Crippen molar-refractivity contribution in [3.05, 3.63) is 0 Å². The van der Waals surface area contributed by atoms with Crippen LogP contribution >= 0.6 is 0 Å². The van der Waals surface area contributed by atoms with Gasteiger partial charge in [-0.1, -0.05) is 19.3 Å². The number of hydrogen-bond acceptors (Lipinski definition) is 4. The van der Waals surface area contributed by atoms with E-state index in [1.54, 1.807) is 0 Å². The molecule has 1 aliphatic rings. The second-order valence-corrected chi connectivity index (χ2v) is 6.95. The van der Waals surface area contributed by atoms with Gasteiger partial charge in [0.15, 0.2) is 0 Å². The van der Waals surface area contributed by atoms with Crippen LogP contribution in [0.4, 0.5) is 0 Å². The van der Waals surface area contributed by atoms with Crippen LogP contribution in [0.2, 0.25) is 0 Å². The molecular weight excluding hydrogens is 226 g/mol. The SMILES string of the molecule is CS(=O)(=O)CCCOC1CCCCCC1N. The van der Waals surface area contributed by atoms with Gasteiger partial charge in [-0.2, -0.15) is 0 Å². The number of hydrogen-bond donors (Lipinski definition) is 1. The van der Waals surface area contributed by atoms with Crippen molar-refractivity contribution in [2.45, 2.75) is 50.7 Å². The van der Waals surface area contributed by atoms with Gasteiger partial charge in [0.1, 0.15) is 9.84 Å². The quantitative estimate of drug-likeness (QED) is 0.585. The van der Waals surface area contributed by atoms with Gasteiger partial charge in [-0.25, -0.2) is 8.42 Å². The molecule has 1 saturated carbocycles. The van der Waals surface area contributed by atoms with Crippen LogP contribution in [-0.4, -0.2) is 39.2 Å². The van der Waals surface area contributed by atoms with Crippen molar-refractivity contribution in [2.75, 3.05) is 18.6 Å². The van der Waals surface area contributed by atoms with Crippen LogP contribution in [-0.2, 0) is 14.6 Å². The van der Waals surface area contributed by atoms with Gasteiger partial charge in [0.05, 0.1) is 11.9 Å². The standard InChI is InChI=1S/C11H23NO3S/c1-16(13,14)9-5-8-15-11-7-4-2-3-6-10(11)12/h10-11H,2-9,12H2,1H3. The molecule has 1 aliphatic carbocycles. The Hall–Kier alpha value is -0.130. The molecule has 0 amide bonds. The highest BCUT2D eigenvalue weighted by molar-refractivity contribution is 7.90. The molecule has 96 valence electrons. The molecule has 0 spiro atoms. The van der Waals surface area contributed by atoms with E-state index in [4.69, 9.17) is 10.5 Å². The Labute approximate surface area is 98.5 Å². The van der Waals surface area contributed by atoms with Crippen molar-refractivity contribution in [3.8, 4) is 0 Å². The Kier molecular flexibility index (Phi) is 5.72. The topological polar surface area (TPSA) is 69.4 Å². The van der Waals surface area contributed by atoms with Gasteiger partial charge in [-0.05, 0) is 19.3 Å². The second kappa shape index (κ2) is 6.57. The van der Waals surface area contributed by atoms with Gasteiger partial charge in [-0.3, -0.25) is 0 Å². The molecule has 0 radical (unpaired) electrons. The number of nitrogens with two attached hydrogens (primary N) is 1. The fourth-order valence-electron chi connectivity index (χ4n) is 2.07. The molecule has 5 heteroatoms. The monoisotopic (exact) mass is 249 g/mol. The normalized spacial score (nSPS) is 27.6. The van der Waals surface area contributed by atoms with Crippen molar-refractivity contribution in [1.82, 2.24) is 0 Å². The van der Waals surface area contributed by atoms with Gasteiger partial charge >= 0.3 is 0 Å². The van der Waals surface area contributed by atoms with Crippen LogP contribution in [0.25, 0.3) is 0 Å². The minimum atomic E-state index is -2.86. The van der Waals surface area contributed by atoms with Gasteiger partial charge in [0.2, 0.25) is 0 Å². The zero-order valence-electron chi connectivity index (χ0n) is 10.0. The van der Waals surface area contributed by atoms with Crippen molar-refractivity contribution < 1.29 is 13.2 Å². The lowest BCUT2D eigenvalue weighted by Crippen LogP contribution is -2.36. The summed E-state index contributed by atoms with van der Waals surface area (Å²) in [5.74, 6) is 0.203. The zero-order valence-corrected chi connectivity index (χ0v) is 10.8. The highest BCUT2D eigenvalue weighted by Crippen LogP contribution is 2.19. The Morgan fingerprint density at radius 1 is 1.25 bits per heavy atom. The first-order valence-corrected chi connectivity index (χ1v) is 8.10. The molecule has 1 fully saturated rings. The first-order chi connectivity index (χ1) is 7.49. The maximum Gasteiger partial charge on any atom is 0.147 e. The Bertz CT molecular complexity index is 290. The van der Waals surface area contributed by atoms with E-state index in [-0.39, 0.29) is 17.9 Å². The minimum absolute atomic E-state index is 0.126. The molecule has 1 rings (SSSR count). The third kappa shape index (κ3) is 5.82. The molecule has 0 aromatic rings. The predicted octanol–water partition coefficient (Wildman–Crippen LogP) is 1.10. The van der Waals surface area contributed by atoms with Gasteiger partial charge in [0, 0.05) is 18.9 Å². The summed E-state index contributed by atoms with van der Waals surface area (Å²) in [7, 11) is -2.86. The van der Waals surface area contributed by atoms with Crippen LogP contribution in [0.3, 0.4) is 0 Å². The molecule has 0 aromatic heterocycles. The fourth-order valence-corrected chi connectivity index (χ4v) is 2.71. The molecule has 2 atom stereocenters. The second-order valence-electron chi connectivity index (χ2n) is 4.69. The summed E-state index contributed by atoms with van der Waals surface area (Å²) in [6, 6.07) is 0.126. The minimum Gasteiger partial charge on any atom is -0.377 e. The fraction of sp³-hybridized carbons (Fsp3) is 1.00. The maximum atomic E-state index is 10.9. The number of sulfone groups is 1. The van der Waals surface area contributed by atoms with Crippen molar-refractivity contribution in [1.29, 1.82) is 0 Å². The van der Waals surface area contributed by atoms with E-state index in [9.17, 15) is 8.42 Å². The summed E-state index contributed by atoms with van der Waals surface area (Å²) in [5.41, 5.74) is 6.00. The molecule has 0 aliphatic heterocycles. The van der Waals surface area contributed by atoms with Crippen LogP contribution in [0.1, 0.15) is 38.5 Å². The summed E-state index contributed by atoms with van der Waals surface area (Å²) in [4.78, 5) is 0. The lowest BCUT2D eigenvalue weighted by Gasteiger charge is -2.21. The van der Waals surface area contributed by atoms with E-state index in [1.165, 1.54) is 25.5 Å². The largest absolute Gasteiger partial charge is 0.377 e. The van der Waals surface area contributed by atoms with E-state index in [2.05, 4.69) is 0 Å². The van der Waals surface area contributed by atoms with Crippen LogP contribution in [0.5, 0.6) is 0 Å². The lowest BCUT2D eigenvalue weighted by atomic mass is 10.1. The number of ether oxygens (including phenoxy) is 1. The Balaban J connectivity index is 2.20. The third-order valence-electron chi connectivity index (χ3n) is 3.00. The lowest BCUT2D eigenvalue weighted by molar-refractivity contribution is 0.0320. The summed E-state index contributed by atoms with van der Waals surface area (Å²) in [5, 5.41) is 0. The maximum absolute atomic E-state index is 10.9. The van der Waals surface area contributed by atoms with E-state index in [1.807, 2.05) is 0 Å². The summed E-state index contributed by atoms with van der Waals surface area (Å²) >= 11 is 0. The third-order valence-corrected chi connectivity index (χ3v) is 4.03. The molecule has 0 aromatic carbocycles. The molecule has 2 N–H and O–H groups in total. The molecular formula is C11H23NO3S. The van der Waals surface area contributed by atoms with Crippen molar-refractivity contribution in [3.63, 3.8) is 0 Å². The smallest absolute Gasteiger partial charge is 0.147 e. The van der Waals surface area contributed by atoms with Gasteiger partial charge in [-0.15, -0.1) is 0 Å². The van der Waals surface area contributed by atoms with Gasteiger partial charge < -0.3 is 10.5 Å². The first-order valence-electron chi connectivity index (χ1n) is 6.04. The van der Waals surface area contributed by atoms with Crippen LogP contribution in [0, 0.1) is 0 Å². The van der Waals surface area contributed by atoms with Crippen molar-refractivity contribution >= 4 is 9.84 Å². The average Bonchev–Trinajstić information content (AvgIpc) is 2.37.